The van der Waals surface area contributed by atoms with E-state index in [1.54, 1.807) is 6.07 Å². The molecule has 3 heteroatoms. The molecule has 2 N–H and O–H groups in total. The van der Waals surface area contributed by atoms with Crippen molar-refractivity contribution >= 4 is 5.69 Å². The van der Waals surface area contributed by atoms with E-state index in [1.807, 2.05) is 19.1 Å². The monoisotopic (exact) mass is 259 g/mol. The summed E-state index contributed by atoms with van der Waals surface area (Å²) in [5, 5.41) is 12.5. The van der Waals surface area contributed by atoms with Crippen molar-refractivity contribution in [3.8, 4) is 5.75 Å². The summed E-state index contributed by atoms with van der Waals surface area (Å²) in [6.07, 6.45) is 1.00. The van der Waals surface area contributed by atoms with Crippen LogP contribution in [0.15, 0.2) is 42.5 Å². The van der Waals surface area contributed by atoms with Crippen LogP contribution < -0.4 is 5.32 Å². The predicted octanol–water partition coefficient (Wildman–Crippen LogP) is 4.27. The number of phenolic OH excluding ortho intramolecular Hbond substituents is 1. The lowest BCUT2D eigenvalue weighted by Gasteiger charge is -2.16. The van der Waals surface area contributed by atoms with Crippen molar-refractivity contribution in [2.75, 3.05) is 5.32 Å². The van der Waals surface area contributed by atoms with E-state index in [0.29, 0.717) is 5.56 Å². The van der Waals surface area contributed by atoms with Crippen LogP contribution in [0.3, 0.4) is 0 Å². The lowest BCUT2D eigenvalue weighted by atomic mass is 10.1. The Kier molecular flexibility index (Phi) is 4.05. The number of halogens is 1. The molecule has 0 saturated heterocycles. The number of aryl methyl sites for hydroxylation is 1. The van der Waals surface area contributed by atoms with Gasteiger partial charge in [0.25, 0.3) is 0 Å². The number of hydrogen-bond acceptors (Lipinski definition) is 2. The first-order valence-corrected chi connectivity index (χ1v) is 6.44. The van der Waals surface area contributed by atoms with Crippen LogP contribution >= 0.6 is 0 Å². The van der Waals surface area contributed by atoms with Gasteiger partial charge >= 0.3 is 0 Å². The fraction of sp³-hybridized carbons (Fsp3) is 0.250. The minimum absolute atomic E-state index is 0.0549. The van der Waals surface area contributed by atoms with E-state index in [0.717, 1.165) is 18.2 Å². The summed E-state index contributed by atoms with van der Waals surface area (Å²) in [5.74, 6) is -0.453. The van der Waals surface area contributed by atoms with Crippen molar-refractivity contribution in [1.29, 1.82) is 0 Å². The van der Waals surface area contributed by atoms with E-state index in [9.17, 15) is 9.50 Å². The molecule has 0 aliphatic heterocycles. The molecular formula is C16H18FNO. The highest BCUT2D eigenvalue weighted by Gasteiger charge is 2.11. The summed E-state index contributed by atoms with van der Waals surface area (Å²) in [7, 11) is 0. The minimum atomic E-state index is -0.398. The molecule has 2 nitrogen and oxygen atoms in total. The molecule has 0 radical (unpaired) electrons. The molecule has 0 amide bonds. The van der Waals surface area contributed by atoms with Gasteiger partial charge in [-0.05, 0) is 37.1 Å². The van der Waals surface area contributed by atoms with E-state index in [-0.39, 0.29) is 11.8 Å². The topological polar surface area (TPSA) is 32.3 Å². The molecule has 2 aromatic rings. The lowest BCUT2D eigenvalue weighted by molar-refractivity contribution is 0.467. The largest absolute Gasteiger partial charge is 0.508 e. The lowest BCUT2D eigenvalue weighted by Crippen LogP contribution is -2.08. The maximum absolute atomic E-state index is 13.7. The Balaban J connectivity index is 2.13. The number of benzene rings is 2. The van der Waals surface area contributed by atoms with Gasteiger partial charge in [-0.3, -0.25) is 0 Å². The standard InChI is InChI=1S/C16H18FNO/c1-3-12-4-6-13(7-5-12)18-11(2)15-9-8-14(19)10-16(15)17/h4-11,18-19H,3H2,1-2H3. The predicted molar refractivity (Wildman–Crippen MR) is 75.9 cm³/mol. The Bertz CT molecular complexity index is 551. The van der Waals surface area contributed by atoms with Crippen molar-refractivity contribution in [2.45, 2.75) is 26.3 Å². The van der Waals surface area contributed by atoms with Crippen molar-refractivity contribution in [2.24, 2.45) is 0 Å². The third kappa shape index (κ3) is 3.25. The molecule has 100 valence electrons. The van der Waals surface area contributed by atoms with Crippen LogP contribution in [0, 0.1) is 5.82 Å². The van der Waals surface area contributed by atoms with Crippen LogP contribution in [-0.4, -0.2) is 5.11 Å². The first-order valence-electron chi connectivity index (χ1n) is 6.44. The van der Waals surface area contributed by atoms with Crippen molar-refractivity contribution in [1.82, 2.24) is 0 Å². The summed E-state index contributed by atoms with van der Waals surface area (Å²) >= 11 is 0. The Hall–Kier alpha value is -2.03. The average Bonchev–Trinajstić information content (AvgIpc) is 2.39. The molecule has 0 aliphatic carbocycles. The minimum Gasteiger partial charge on any atom is -0.508 e. The van der Waals surface area contributed by atoms with Crippen LogP contribution in [0.5, 0.6) is 5.75 Å². The van der Waals surface area contributed by atoms with Crippen LogP contribution in [0.1, 0.15) is 31.0 Å². The molecule has 0 bridgehead atoms. The molecule has 0 spiro atoms. The highest BCUT2D eigenvalue weighted by atomic mass is 19.1. The molecule has 0 fully saturated rings. The molecule has 1 unspecified atom stereocenters. The molecule has 0 saturated carbocycles. The van der Waals surface area contributed by atoms with Gasteiger partial charge < -0.3 is 10.4 Å². The smallest absolute Gasteiger partial charge is 0.132 e. The van der Waals surface area contributed by atoms with Crippen LogP contribution in [0.2, 0.25) is 0 Å². The zero-order chi connectivity index (χ0) is 13.8. The fourth-order valence-corrected chi connectivity index (χ4v) is 2.03. The van der Waals surface area contributed by atoms with Gasteiger partial charge in [0, 0.05) is 17.3 Å². The van der Waals surface area contributed by atoms with Gasteiger partial charge in [0.05, 0.1) is 6.04 Å². The Morgan fingerprint density at radius 3 is 2.42 bits per heavy atom. The number of phenols is 1. The molecule has 2 rings (SSSR count). The van der Waals surface area contributed by atoms with Gasteiger partial charge in [0.2, 0.25) is 0 Å². The Morgan fingerprint density at radius 1 is 1.16 bits per heavy atom. The zero-order valence-electron chi connectivity index (χ0n) is 11.2. The van der Waals surface area contributed by atoms with E-state index in [1.165, 1.54) is 11.6 Å². The van der Waals surface area contributed by atoms with Crippen LogP contribution in [0.25, 0.3) is 0 Å². The highest BCUT2D eigenvalue weighted by molar-refractivity contribution is 5.47. The molecule has 0 aliphatic rings. The number of nitrogens with one attached hydrogen (secondary N) is 1. The summed E-state index contributed by atoms with van der Waals surface area (Å²) in [6, 6.07) is 12.2. The SMILES string of the molecule is CCc1ccc(NC(C)c2ccc(O)cc2F)cc1. The molecule has 0 heterocycles. The molecule has 2 aromatic carbocycles. The summed E-state index contributed by atoms with van der Waals surface area (Å²) in [6.45, 7) is 4.00. The molecular weight excluding hydrogens is 241 g/mol. The molecule has 19 heavy (non-hydrogen) atoms. The first-order chi connectivity index (χ1) is 9.10. The first kappa shape index (κ1) is 13.4. The second-order valence-corrected chi connectivity index (χ2v) is 4.62. The third-order valence-electron chi connectivity index (χ3n) is 3.20. The van der Waals surface area contributed by atoms with E-state index in [4.69, 9.17) is 0 Å². The number of anilines is 1. The van der Waals surface area contributed by atoms with E-state index >= 15 is 0 Å². The number of hydrogen-bond donors (Lipinski definition) is 2. The van der Waals surface area contributed by atoms with Crippen LogP contribution in [-0.2, 0) is 6.42 Å². The van der Waals surface area contributed by atoms with Crippen LogP contribution in [0.4, 0.5) is 10.1 Å². The van der Waals surface area contributed by atoms with Gasteiger partial charge in [-0.2, -0.15) is 0 Å². The molecule has 1 atom stereocenters. The Labute approximate surface area is 112 Å². The number of rotatable bonds is 4. The highest BCUT2D eigenvalue weighted by Crippen LogP contribution is 2.24. The van der Waals surface area contributed by atoms with E-state index < -0.39 is 5.82 Å². The number of aromatic hydroxyl groups is 1. The maximum Gasteiger partial charge on any atom is 0.132 e. The second-order valence-electron chi connectivity index (χ2n) is 4.62. The van der Waals surface area contributed by atoms with Crippen molar-refractivity contribution in [3.05, 3.63) is 59.4 Å². The van der Waals surface area contributed by atoms with Gasteiger partial charge in [0.15, 0.2) is 0 Å². The van der Waals surface area contributed by atoms with E-state index in [2.05, 4.69) is 24.4 Å². The fourth-order valence-electron chi connectivity index (χ4n) is 2.03. The van der Waals surface area contributed by atoms with Crippen molar-refractivity contribution < 1.29 is 9.50 Å². The van der Waals surface area contributed by atoms with Gasteiger partial charge in [0.1, 0.15) is 11.6 Å². The van der Waals surface area contributed by atoms with Crippen molar-refractivity contribution in [3.63, 3.8) is 0 Å². The third-order valence-corrected chi connectivity index (χ3v) is 3.20. The zero-order valence-corrected chi connectivity index (χ0v) is 11.2. The van der Waals surface area contributed by atoms with Gasteiger partial charge in [-0.25, -0.2) is 4.39 Å². The maximum atomic E-state index is 13.7. The van der Waals surface area contributed by atoms with Gasteiger partial charge in [-0.15, -0.1) is 0 Å². The summed E-state index contributed by atoms with van der Waals surface area (Å²) in [5.41, 5.74) is 2.77. The average molecular weight is 259 g/mol. The summed E-state index contributed by atoms with van der Waals surface area (Å²) in [4.78, 5) is 0. The van der Waals surface area contributed by atoms with Gasteiger partial charge in [-0.1, -0.05) is 25.1 Å². The quantitative estimate of drug-likeness (QED) is 0.859. The normalized spacial score (nSPS) is 12.2. The molecule has 0 aromatic heterocycles. The summed E-state index contributed by atoms with van der Waals surface area (Å²) < 4.78 is 13.7. The Morgan fingerprint density at radius 2 is 1.84 bits per heavy atom. The second kappa shape index (κ2) is 5.74.